The van der Waals surface area contributed by atoms with Gasteiger partial charge in [0.15, 0.2) is 5.82 Å². The number of hydrogen-bond donors (Lipinski definition) is 3. The molecule has 1 aromatic carbocycles. The Morgan fingerprint density at radius 1 is 1.39 bits per heavy atom. The average Bonchev–Trinajstić information content (AvgIpc) is 2.95. The molecule has 0 radical (unpaired) electrons. The molecular weight excluding hydrogens is 237 g/mol. The van der Waals surface area contributed by atoms with Crippen molar-refractivity contribution in [1.82, 2.24) is 30.6 Å². The lowest BCUT2D eigenvalue weighted by Gasteiger charge is -2.07. The van der Waals surface area contributed by atoms with Crippen molar-refractivity contribution in [1.29, 1.82) is 0 Å². The minimum Gasteiger partial charge on any atom is -0.346 e. The number of anilines is 1. The second-order valence-electron chi connectivity index (χ2n) is 3.88. The summed E-state index contributed by atoms with van der Waals surface area (Å²) in [6, 6.07) is 4.22. The van der Waals surface area contributed by atoms with Crippen LogP contribution in [0.3, 0.4) is 0 Å². The van der Waals surface area contributed by atoms with Gasteiger partial charge in [-0.1, -0.05) is 5.21 Å². The van der Waals surface area contributed by atoms with Gasteiger partial charge in [-0.2, -0.15) is 5.21 Å². The Hall–Kier alpha value is -2.51. The van der Waals surface area contributed by atoms with Gasteiger partial charge in [-0.3, -0.25) is 0 Å². The molecule has 0 bridgehead atoms. The summed E-state index contributed by atoms with van der Waals surface area (Å²) in [4.78, 5) is 7.27. The van der Waals surface area contributed by atoms with E-state index in [1.54, 1.807) is 6.07 Å². The Balaban J connectivity index is 1.86. The highest BCUT2D eigenvalue weighted by atomic mass is 19.1. The van der Waals surface area contributed by atoms with Crippen molar-refractivity contribution in [3.63, 3.8) is 0 Å². The van der Waals surface area contributed by atoms with Gasteiger partial charge in [0, 0.05) is 0 Å². The van der Waals surface area contributed by atoms with Crippen LogP contribution >= 0.6 is 0 Å². The highest BCUT2D eigenvalue weighted by Crippen LogP contribution is 2.18. The Bertz CT molecular complexity index is 660. The van der Waals surface area contributed by atoms with E-state index in [4.69, 9.17) is 0 Å². The monoisotopic (exact) mass is 247 g/mol. The summed E-state index contributed by atoms with van der Waals surface area (Å²) < 4.78 is 13.0. The van der Waals surface area contributed by atoms with E-state index in [9.17, 15) is 4.39 Å². The second kappa shape index (κ2) is 4.06. The molecule has 0 aliphatic carbocycles. The first kappa shape index (κ1) is 10.6. The molecule has 0 aliphatic heterocycles. The average molecular weight is 247 g/mol. The highest BCUT2D eigenvalue weighted by molar-refractivity contribution is 5.77. The number of halogens is 1. The van der Waals surface area contributed by atoms with Gasteiger partial charge < -0.3 is 10.3 Å². The van der Waals surface area contributed by atoms with E-state index in [0.29, 0.717) is 22.8 Å². The summed E-state index contributed by atoms with van der Waals surface area (Å²) in [5.74, 6) is 0.762. The molecule has 92 valence electrons. The lowest BCUT2D eigenvalue weighted by atomic mass is 10.3. The zero-order valence-electron chi connectivity index (χ0n) is 9.48. The number of benzene rings is 1. The molecule has 18 heavy (non-hydrogen) atoms. The zero-order chi connectivity index (χ0) is 12.5. The first-order chi connectivity index (χ1) is 8.72. The third-order valence-corrected chi connectivity index (χ3v) is 2.55. The molecule has 2 aromatic heterocycles. The summed E-state index contributed by atoms with van der Waals surface area (Å²) in [5.41, 5.74) is 1.33. The van der Waals surface area contributed by atoms with Crippen LogP contribution < -0.4 is 5.32 Å². The fourth-order valence-corrected chi connectivity index (χ4v) is 1.67. The zero-order valence-corrected chi connectivity index (χ0v) is 9.48. The molecule has 3 aromatic rings. The van der Waals surface area contributed by atoms with Crippen LogP contribution in [-0.4, -0.2) is 30.6 Å². The van der Waals surface area contributed by atoms with Gasteiger partial charge in [0.05, 0.1) is 17.1 Å². The summed E-state index contributed by atoms with van der Waals surface area (Å²) in [7, 11) is 0. The molecular formula is C10H10FN7. The topological polar surface area (TPSA) is 95.2 Å². The number of aromatic nitrogens is 6. The predicted octanol–water partition coefficient (Wildman–Crippen LogP) is 1.39. The molecule has 1 atom stereocenters. The van der Waals surface area contributed by atoms with Crippen molar-refractivity contribution in [2.45, 2.75) is 13.0 Å². The van der Waals surface area contributed by atoms with Crippen LogP contribution in [0.2, 0.25) is 0 Å². The van der Waals surface area contributed by atoms with Crippen molar-refractivity contribution in [3.05, 3.63) is 29.8 Å². The first-order valence-corrected chi connectivity index (χ1v) is 5.37. The number of nitrogens with zero attached hydrogens (tertiary/aromatic N) is 4. The van der Waals surface area contributed by atoms with Crippen LogP contribution in [0.15, 0.2) is 18.2 Å². The van der Waals surface area contributed by atoms with E-state index in [2.05, 4.69) is 35.9 Å². The van der Waals surface area contributed by atoms with Gasteiger partial charge in [0.1, 0.15) is 5.82 Å². The quantitative estimate of drug-likeness (QED) is 0.650. The molecule has 2 heterocycles. The van der Waals surface area contributed by atoms with Crippen molar-refractivity contribution in [3.8, 4) is 0 Å². The molecule has 0 fully saturated rings. The molecule has 7 nitrogen and oxygen atoms in total. The molecule has 0 aliphatic rings. The number of rotatable bonds is 3. The minimum absolute atomic E-state index is 0.158. The van der Waals surface area contributed by atoms with Crippen LogP contribution in [-0.2, 0) is 0 Å². The number of nitrogens with one attached hydrogen (secondary N) is 3. The van der Waals surface area contributed by atoms with Crippen LogP contribution in [0.25, 0.3) is 11.0 Å². The Morgan fingerprint density at radius 3 is 3.06 bits per heavy atom. The van der Waals surface area contributed by atoms with Gasteiger partial charge in [-0.15, -0.1) is 10.2 Å². The van der Waals surface area contributed by atoms with Crippen molar-refractivity contribution >= 4 is 17.0 Å². The second-order valence-corrected chi connectivity index (χ2v) is 3.88. The van der Waals surface area contributed by atoms with Gasteiger partial charge >= 0.3 is 0 Å². The summed E-state index contributed by atoms with van der Waals surface area (Å²) in [6.07, 6.45) is 0. The standard InChI is InChI=1S/C10H10FN7/c1-5(9-15-17-18-16-9)12-10-13-7-3-2-6(11)4-8(7)14-10/h2-5H,1H3,(H2,12,13,14)(H,15,16,17,18). The van der Waals surface area contributed by atoms with Gasteiger partial charge in [0.25, 0.3) is 0 Å². The van der Waals surface area contributed by atoms with Gasteiger partial charge in [-0.25, -0.2) is 9.37 Å². The molecule has 8 heteroatoms. The minimum atomic E-state index is -0.302. The lowest BCUT2D eigenvalue weighted by Crippen LogP contribution is -2.09. The summed E-state index contributed by atoms with van der Waals surface area (Å²) in [6.45, 7) is 1.87. The molecule has 3 rings (SSSR count). The number of aromatic amines is 2. The third-order valence-electron chi connectivity index (χ3n) is 2.55. The normalized spacial score (nSPS) is 12.8. The maximum atomic E-state index is 13.0. The summed E-state index contributed by atoms with van der Waals surface area (Å²) in [5, 5.41) is 16.7. The van der Waals surface area contributed by atoms with Gasteiger partial charge in [-0.05, 0) is 25.1 Å². The molecule has 0 saturated heterocycles. The number of fused-ring (bicyclic) bond motifs is 1. The molecule has 1 unspecified atom stereocenters. The number of hydrogen-bond acceptors (Lipinski definition) is 5. The maximum absolute atomic E-state index is 13.0. The molecule has 0 saturated carbocycles. The van der Waals surface area contributed by atoms with Crippen molar-refractivity contribution in [2.24, 2.45) is 0 Å². The van der Waals surface area contributed by atoms with Crippen LogP contribution in [0.4, 0.5) is 10.3 Å². The smallest absolute Gasteiger partial charge is 0.201 e. The van der Waals surface area contributed by atoms with E-state index in [0.717, 1.165) is 0 Å². The van der Waals surface area contributed by atoms with E-state index in [1.165, 1.54) is 12.1 Å². The van der Waals surface area contributed by atoms with Crippen LogP contribution in [0, 0.1) is 5.82 Å². The predicted molar refractivity (Wildman–Crippen MR) is 62.3 cm³/mol. The fraction of sp³-hybridized carbons (Fsp3) is 0.200. The third kappa shape index (κ3) is 1.88. The Kier molecular flexibility index (Phi) is 2.40. The Labute approximate surface area is 101 Å². The largest absolute Gasteiger partial charge is 0.346 e. The maximum Gasteiger partial charge on any atom is 0.201 e. The number of H-pyrrole nitrogens is 2. The van der Waals surface area contributed by atoms with Crippen LogP contribution in [0.5, 0.6) is 0 Å². The van der Waals surface area contributed by atoms with E-state index in [1.807, 2.05) is 6.92 Å². The van der Waals surface area contributed by atoms with Crippen molar-refractivity contribution in [2.75, 3.05) is 5.32 Å². The number of tetrazole rings is 1. The van der Waals surface area contributed by atoms with E-state index in [-0.39, 0.29) is 11.9 Å². The first-order valence-electron chi connectivity index (χ1n) is 5.37. The lowest BCUT2D eigenvalue weighted by molar-refractivity contribution is 0.629. The summed E-state index contributed by atoms with van der Waals surface area (Å²) >= 11 is 0. The number of imidazole rings is 1. The van der Waals surface area contributed by atoms with Crippen LogP contribution in [0.1, 0.15) is 18.8 Å². The van der Waals surface area contributed by atoms with E-state index < -0.39 is 0 Å². The molecule has 0 amide bonds. The van der Waals surface area contributed by atoms with Crippen molar-refractivity contribution < 1.29 is 4.39 Å². The Morgan fingerprint density at radius 2 is 2.28 bits per heavy atom. The molecule has 0 spiro atoms. The van der Waals surface area contributed by atoms with Gasteiger partial charge in [0.2, 0.25) is 5.95 Å². The SMILES string of the molecule is CC(Nc1nc2ccc(F)cc2[nH]1)c1nn[nH]n1. The fourth-order valence-electron chi connectivity index (χ4n) is 1.67. The highest BCUT2D eigenvalue weighted by Gasteiger charge is 2.12. The van der Waals surface area contributed by atoms with E-state index >= 15 is 0 Å². The molecule has 3 N–H and O–H groups in total.